The molecular weight excluding hydrogens is 204 g/mol. The molecule has 0 bridgehead atoms. The molecule has 14 heavy (non-hydrogen) atoms. The van der Waals surface area contributed by atoms with Gasteiger partial charge in [0, 0.05) is 26.6 Å². The zero-order valence-corrected chi connectivity index (χ0v) is 9.30. The van der Waals surface area contributed by atoms with Crippen molar-refractivity contribution in [3.63, 3.8) is 0 Å². The molecule has 0 radical (unpaired) electrons. The SMILES string of the molecule is CN(C)S(=O)(=O)CCNC(=O)C1CC1. The maximum Gasteiger partial charge on any atom is 0.223 e. The van der Waals surface area contributed by atoms with Crippen LogP contribution in [-0.4, -0.2) is 45.0 Å². The second-order valence-corrected chi connectivity index (χ2v) is 5.97. The van der Waals surface area contributed by atoms with E-state index < -0.39 is 10.0 Å². The van der Waals surface area contributed by atoms with Gasteiger partial charge in [-0.25, -0.2) is 12.7 Å². The highest BCUT2D eigenvalue weighted by Crippen LogP contribution is 2.28. The van der Waals surface area contributed by atoms with Gasteiger partial charge >= 0.3 is 0 Å². The zero-order valence-electron chi connectivity index (χ0n) is 8.49. The van der Waals surface area contributed by atoms with E-state index in [1.54, 1.807) is 0 Å². The normalized spacial score (nSPS) is 17.1. The number of carbonyl (C=O) groups is 1. The Labute approximate surface area is 84.5 Å². The van der Waals surface area contributed by atoms with Crippen molar-refractivity contribution >= 4 is 15.9 Å². The van der Waals surface area contributed by atoms with Crippen LogP contribution in [0.25, 0.3) is 0 Å². The van der Waals surface area contributed by atoms with Crippen molar-refractivity contribution in [3.05, 3.63) is 0 Å². The van der Waals surface area contributed by atoms with Crippen LogP contribution in [0.1, 0.15) is 12.8 Å². The molecule has 0 saturated heterocycles. The van der Waals surface area contributed by atoms with Crippen LogP contribution in [0.4, 0.5) is 0 Å². The maximum atomic E-state index is 11.3. The summed E-state index contributed by atoms with van der Waals surface area (Å²) in [7, 11) is -0.212. The molecule has 6 heteroatoms. The van der Waals surface area contributed by atoms with E-state index in [1.807, 2.05) is 0 Å². The molecule has 0 heterocycles. The third-order valence-corrected chi connectivity index (χ3v) is 4.00. The van der Waals surface area contributed by atoms with Gasteiger partial charge < -0.3 is 5.32 Å². The number of nitrogens with one attached hydrogen (secondary N) is 1. The van der Waals surface area contributed by atoms with E-state index in [0.717, 1.165) is 17.1 Å². The molecule has 5 nitrogen and oxygen atoms in total. The molecule has 0 aliphatic heterocycles. The summed E-state index contributed by atoms with van der Waals surface area (Å²) >= 11 is 0. The van der Waals surface area contributed by atoms with Crippen molar-refractivity contribution in [2.24, 2.45) is 5.92 Å². The average molecular weight is 220 g/mol. The van der Waals surface area contributed by atoms with Gasteiger partial charge in [0.05, 0.1) is 5.75 Å². The van der Waals surface area contributed by atoms with Gasteiger partial charge in [-0.15, -0.1) is 0 Å². The summed E-state index contributed by atoms with van der Waals surface area (Å²) in [6.07, 6.45) is 1.87. The van der Waals surface area contributed by atoms with E-state index in [9.17, 15) is 13.2 Å². The standard InChI is InChI=1S/C8H16N2O3S/c1-10(2)14(12,13)6-5-9-8(11)7-3-4-7/h7H,3-6H2,1-2H3,(H,9,11). The fraction of sp³-hybridized carbons (Fsp3) is 0.875. The van der Waals surface area contributed by atoms with Crippen LogP contribution in [-0.2, 0) is 14.8 Å². The Kier molecular flexibility index (Phi) is 3.49. The van der Waals surface area contributed by atoms with Crippen LogP contribution in [0, 0.1) is 5.92 Å². The van der Waals surface area contributed by atoms with Gasteiger partial charge in [0.1, 0.15) is 0 Å². The summed E-state index contributed by atoms with van der Waals surface area (Å²) in [5.41, 5.74) is 0. The minimum Gasteiger partial charge on any atom is -0.355 e. The Hall–Kier alpha value is -0.620. The summed E-state index contributed by atoms with van der Waals surface area (Å²) in [6.45, 7) is 0.204. The average Bonchev–Trinajstić information content (AvgIpc) is 2.85. The van der Waals surface area contributed by atoms with E-state index in [2.05, 4.69) is 5.32 Å². The Morgan fingerprint density at radius 3 is 2.43 bits per heavy atom. The minimum atomic E-state index is -3.18. The lowest BCUT2D eigenvalue weighted by molar-refractivity contribution is -0.122. The largest absolute Gasteiger partial charge is 0.355 e. The van der Waals surface area contributed by atoms with Crippen molar-refractivity contribution in [2.75, 3.05) is 26.4 Å². The predicted octanol–water partition coefficient (Wildman–Crippen LogP) is -0.596. The summed E-state index contributed by atoms with van der Waals surface area (Å²) in [4.78, 5) is 11.1. The molecule has 1 amide bonds. The van der Waals surface area contributed by atoms with E-state index in [-0.39, 0.29) is 24.1 Å². The lowest BCUT2D eigenvalue weighted by atomic mass is 10.4. The van der Waals surface area contributed by atoms with Crippen LogP contribution in [0.15, 0.2) is 0 Å². The molecule has 1 N–H and O–H groups in total. The van der Waals surface area contributed by atoms with Gasteiger partial charge in [-0.2, -0.15) is 0 Å². The Balaban J connectivity index is 2.23. The summed E-state index contributed by atoms with van der Waals surface area (Å²) < 4.78 is 23.7. The number of hydrogen-bond acceptors (Lipinski definition) is 3. The van der Waals surface area contributed by atoms with Gasteiger partial charge in [0.25, 0.3) is 0 Å². The molecule has 0 atom stereocenters. The fourth-order valence-corrected chi connectivity index (χ4v) is 1.70. The van der Waals surface area contributed by atoms with Crippen LogP contribution >= 0.6 is 0 Å². The highest BCUT2D eigenvalue weighted by Gasteiger charge is 2.29. The van der Waals surface area contributed by atoms with Gasteiger partial charge in [-0.1, -0.05) is 0 Å². The molecule has 1 fully saturated rings. The number of sulfonamides is 1. The molecule has 0 unspecified atom stereocenters. The number of rotatable bonds is 5. The van der Waals surface area contributed by atoms with Crippen molar-refractivity contribution in [3.8, 4) is 0 Å². The number of carbonyl (C=O) groups excluding carboxylic acids is 1. The first-order chi connectivity index (χ1) is 6.43. The highest BCUT2D eigenvalue weighted by atomic mass is 32.2. The van der Waals surface area contributed by atoms with Gasteiger partial charge in [0.15, 0.2) is 0 Å². The van der Waals surface area contributed by atoms with Gasteiger partial charge in [-0.3, -0.25) is 4.79 Å². The lowest BCUT2D eigenvalue weighted by Gasteiger charge is -2.11. The minimum absolute atomic E-state index is 0.0149. The van der Waals surface area contributed by atoms with Crippen molar-refractivity contribution < 1.29 is 13.2 Å². The van der Waals surface area contributed by atoms with E-state index in [0.29, 0.717) is 0 Å². The number of nitrogens with zero attached hydrogens (tertiary/aromatic N) is 1. The van der Waals surface area contributed by atoms with Gasteiger partial charge in [-0.05, 0) is 12.8 Å². The molecule has 0 aromatic heterocycles. The molecule has 0 spiro atoms. The summed E-state index contributed by atoms with van der Waals surface area (Å²) in [6, 6.07) is 0. The molecule has 0 aromatic carbocycles. The van der Waals surface area contributed by atoms with Crippen LogP contribution in [0.2, 0.25) is 0 Å². The Bertz CT molecular complexity index is 307. The quantitative estimate of drug-likeness (QED) is 0.673. The van der Waals surface area contributed by atoms with Crippen molar-refractivity contribution in [1.29, 1.82) is 0 Å². The van der Waals surface area contributed by atoms with Crippen LogP contribution < -0.4 is 5.32 Å². The van der Waals surface area contributed by atoms with Crippen LogP contribution in [0.3, 0.4) is 0 Å². The molecule has 1 aliphatic rings. The van der Waals surface area contributed by atoms with E-state index in [1.165, 1.54) is 14.1 Å². The summed E-state index contributed by atoms with van der Waals surface area (Å²) in [5.74, 6) is 0.0920. The number of amides is 1. The Morgan fingerprint density at radius 2 is 2.00 bits per heavy atom. The third kappa shape index (κ3) is 3.26. The van der Waals surface area contributed by atoms with Gasteiger partial charge in [0.2, 0.25) is 15.9 Å². The molecule has 1 rings (SSSR count). The third-order valence-electron chi connectivity index (χ3n) is 2.16. The van der Waals surface area contributed by atoms with E-state index >= 15 is 0 Å². The first kappa shape index (κ1) is 11.5. The second-order valence-electron chi connectivity index (χ2n) is 3.66. The fourth-order valence-electron chi connectivity index (χ4n) is 0.976. The van der Waals surface area contributed by atoms with Crippen molar-refractivity contribution in [2.45, 2.75) is 12.8 Å². The van der Waals surface area contributed by atoms with Crippen LogP contribution in [0.5, 0.6) is 0 Å². The lowest BCUT2D eigenvalue weighted by Crippen LogP contribution is -2.34. The maximum absolute atomic E-state index is 11.3. The van der Waals surface area contributed by atoms with Crippen molar-refractivity contribution in [1.82, 2.24) is 9.62 Å². The Morgan fingerprint density at radius 1 is 1.43 bits per heavy atom. The summed E-state index contributed by atoms with van der Waals surface area (Å²) in [5, 5.41) is 2.61. The molecular formula is C8H16N2O3S. The zero-order chi connectivity index (χ0) is 10.8. The smallest absolute Gasteiger partial charge is 0.223 e. The van der Waals surface area contributed by atoms with E-state index in [4.69, 9.17) is 0 Å². The highest BCUT2D eigenvalue weighted by molar-refractivity contribution is 7.89. The predicted molar refractivity (Wildman–Crippen MR) is 53.2 cm³/mol. The molecule has 0 aromatic rings. The molecule has 82 valence electrons. The monoisotopic (exact) mass is 220 g/mol. The second kappa shape index (κ2) is 4.27. The first-order valence-electron chi connectivity index (χ1n) is 4.61. The molecule has 1 saturated carbocycles. The number of hydrogen-bond donors (Lipinski definition) is 1. The molecule has 1 aliphatic carbocycles. The topological polar surface area (TPSA) is 66.5 Å². The first-order valence-corrected chi connectivity index (χ1v) is 6.22.